The van der Waals surface area contributed by atoms with Crippen LogP contribution < -0.4 is 5.73 Å². The smallest absolute Gasteiger partial charge is 0.274 e. The zero-order valence-corrected chi connectivity index (χ0v) is 17.7. The molecule has 4 aliphatic rings. The lowest BCUT2D eigenvalue weighted by molar-refractivity contribution is -0.235. The minimum Gasteiger partial charge on any atom is -0.393 e. The molecule has 9 unspecified atom stereocenters. The van der Waals surface area contributed by atoms with Crippen LogP contribution in [0.3, 0.4) is 0 Å². The van der Waals surface area contributed by atoms with Crippen molar-refractivity contribution in [3.8, 4) is 0 Å². The Morgan fingerprint density at radius 1 is 1.07 bits per heavy atom. The molecule has 0 spiro atoms. The van der Waals surface area contributed by atoms with Crippen molar-refractivity contribution in [2.75, 3.05) is 0 Å². The first kappa shape index (κ1) is 21.5. The van der Waals surface area contributed by atoms with Gasteiger partial charge in [-0.1, -0.05) is 13.8 Å². The molecular weight excluding hydrogens is 376 g/mol. The van der Waals surface area contributed by atoms with E-state index >= 15 is 0 Å². The number of alkyl halides is 2. The highest BCUT2D eigenvalue weighted by molar-refractivity contribution is 5.73. The monoisotopic (exact) mass is 413 g/mol. The first-order valence-electron chi connectivity index (χ1n) is 11.5. The molecule has 4 aliphatic carbocycles. The second-order valence-electron chi connectivity index (χ2n) is 11.2. The molecule has 0 aromatic carbocycles. The SMILES string of the molecule is CC12CCC3C(C(O)CC4CC(O)C(F)(F)CC43C)C1CCC2CCCC(N)=O. The molecule has 4 fully saturated rings. The second kappa shape index (κ2) is 7.15. The maximum absolute atomic E-state index is 14.5. The fourth-order valence-corrected chi connectivity index (χ4v) is 8.34. The van der Waals surface area contributed by atoms with E-state index in [-0.39, 0.29) is 41.9 Å². The fraction of sp³-hybridized carbons (Fsp3) is 0.957. The van der Waals surface area contributed by atoms with Crippen LogP contribution in [0.15, 0.2) is 0 Å². The van der Waals surface area contributed by atoms with E-state index in [1.165, 1.54) is 0 Å². The number of primary amides is 1. The topological polar surface area (TPSA) is 83.6 Å². The van der Waals surface area contributed by atoms with Crippen molar-refractivity contribution in [3.05, 3.63) is 0 Å². The van der Waals surface area contributed by atoms with Gasteiger partial charge in [-0.2, -0.15) is 0 Å². The van der Waals surface area contributed by atoms with Crippen molar-refractivity contribution in [1.82, 2.24) is 0 Å². The summed E-state index contributed by atoms with van der Waals surface area (Å²) in [6.07, 6.45) is 4.53. The van der Waals surface area contributed by atoms with Gasteiger partial charge in [0.2, 0.25) is 5.91 Å². The van der Waals surface area contributed by atoms with E-state index in [2.05, 4.69) is 6.92 Å². The van der Waals surface area contributed by atoms with E-state index in [4.69, 9.17) is 5.73 Å². The zero-order chi connectivity index (χ0) is 21.2. The number of aliphatic hydroxyl groups excluding tert-OH is 2. The summed E-state index contributed by atoms with van der Waals surface area (Å²) in [5.74, 6) is -2.29. The number of fused-ring (bicyclic) bond motifs is 5. The summed E-state index contributed by atoms with van der Waals surface area (Å²) in [4.78, 5) is 11.1. The molecule has 0 aromatic rings. The van der Waals surface area contributed by atoms with Gasteiger partial charge in [-0.3, -0.25) is 4.79 Å². The summed E-state index contributed by atoms with van der Waals surface area (Å²) in [7, 11) is 0. The van der Waals surface area contributed by atoms with Crippen molar-refractivity contribution >= 4 is 5.91 Å². The summed E-state index contributed by atoms with van der Waals surface area (Å²) in [6, 6.07) is 0. The highest BCUT2D eigenvalue weighted by atomic mass is 19.3. The van der Waals surface area contributed by atoms with Gasteiger partial charge in [0, 0.05) is 12.8 Å². The van der Waals surface area contributed by atoms with Crippen LogP contribution in [0.5, 0.6) is 0 Å². The Morgan fingerprint density at radius 3 is 2.45 bits per heavy atom. The van der Waals surface area contributed by atoms with Crippen molar-refractivity contribution < 1.29 is 23.8 Å². The van der Waals surface area contributed by atoms with E-state index in [0.717, 1.165) is 38.5 Å². The maximum atomic E-state index is 14.5. The standard InChI is InChI=1S/C23H37F2NO3/c1-21-9-8-16-20(15(21)7-6-13(21)4-3-5-19(26)29)17(27)10-14-11-18(28)23(24,25)12-22(14,16)2/h13-18,20,27-28H,3-12H2,1-2H3,(H2,26,29). The third-order valence-corrected chi connectivity index (χ3v) is 9.87. The van der Waals surface area contributed by atoms with Crippen molar-refractivity contribution in [3.63, 3.8) is 0 Å². The Balaban J connectivity index is 1.56. The quantitative estimate of drug-likeness (QED) is 0.654. The number of carbonyl (C=O) groups is 1. The van der Waals surface area contributed by atoms with Gasteiger partial charge in [-0.15, -0.1) is 0 Å². The lowest BCUT2D eigenvalue weighted by Gasteiger charge is -2.63. The van der Waals surface area contributed by atoms with E-state index < -0.39 is 23.5 Å². The Bertz CT molecular complexity index is 658. The molecule has 0 heterocycles. The average Bonchev–Trinajstić information content (AvgIpc) is 2.94. The summed E-state index contributed by atoms with van der Waals surface area (Å²) in [5.41, 5.74) is 4.90. The number of rotatable bonds is 4. The predicted molar refractivity (Wildman–Crippen MR) is 106 cm³/mol. The van der Waals surface area contributed by atoms with Gasteiger partial charge in [0.25, 0.3) is 5.92 Å². The zero-order valence-electron chi connectivity index (χ0n) is 17.7. The van der Waals surface area contributed by atoms with Crippen LogP contribution in [-0.4, -0.2) is 34.3 Å². The molecule has 4 rings (SSSR count). The minimum absolute atomic E-state index is 0.0366. The number of carbonyl (C=O) groups excluding carboxylic acids is 1. The van der Waals surface area contributed by atoms with E-state index in [0.29, 0.717) is 24.7 Å². The number of hydrogen-bond donors (Lipinski definition) is 3. The molecule has 4 nitrogen and oxygen atoms in total. The van der Waals surface area contributed by atoms with Crippen molar-refractivity contribution in [2.24, 2.45) is 46.2 Å². The van der Waals surface area contributed by atoms with Gasteiger partial charge < -0.3 is 15.9 Å². The highest BCUT2D eigenvalue weighted by Crippen LogP contribution is 2.68. The van der Waals surface area contributed by atoms with Crippen LogP contribution in [0, 0.1) is 40.4 Å². The molecule has 1 amide bonds. The largest absolute Gasteiger partial charge is 0.393 e. The normalized spacial score (nSPS) is 51.0. The van der Waals surface area contributed by atoms with Crippen molar-refractivity contribution in [1.29, 1.82) is 0 Å². The van der Waals surface area contributed by atoms with Gasteiger partial charge in [0.05, 0.1) is 6.10 Å². The minimum atomic E-state index is -3.04. The molecule has 9 atom stereocenters. The lowest BCUT2D eigenvalue weighted by Crippen LogP contribution is -2.61. The van der Waals surface area contributed by atoms with Crippen LogP contribution in [-0.2, 0) is 4.79 Å². The van der Waals surface area contributed by atoms with E-state index in [1.54, 1.807) is 0 Å². The summed E-state index contributed by atoms with van der Waals surface area (Å²) >= 11 is 0. The van der Waals surface area contributed by atoms with Crippen LogP contribution in [0.4, 0.5) is 8.78 Å². The van der Waals surface area contributed by atoms with Gasteiger partial charge >= 0.3 is 0 Å². The van der Waals surface area contributed by atoms with Crippen LogP contribution in [0.1, 0.15) is 78.1 Å². The van der Waals surface area contributed by atoms with Crippen LogP contribution >= 0.6 is 0 Å². The molecular formula is C23H37F2NO3. The van der Waals surface area contributed by atoms with Crippen LogP contribution in [0.2, 0.25) is 0 Å². The Kier molecular flexibility index (Phi) is 5.30. The lowest BCUT2D eigenvalue weighted by atomic mass is 9.43. The van der Waals surface area contributed by atoms with Gasteiger partial charge in [-0.05, 0) is 91.8 Å². The summed E-state index contributed by atoms with van der Waals surface area (Å²) in [6.45, 7) is 4.33. The Hall–Kier alpha value is -0.750. The number of halogens is 2. The molecule has 0 aromatic heterocycles. The average molecular weight is 414 g/mol. The van der Waals surface area contributed by atoms with E-state index in [9.17, 15) is 23.8 Å². The maximum Gasteiger partial charge on any atom is 0.274 e. The summed E-state index contributed by atoms with van der Waals surface area (Å²) in [5, 5.41) is 21.1. The molecule has 0 bridgehead atoms. The van der Waals surface area contributed by atoms with Gasteiger partial charge in [-0.25, -0.2) is 8.78 Å². The third kappa shape index (κ3) is 3.33. The van der Waals surface area contributed by atoms with Gasteiger partial charge in [0.1, 0.15) is 6.10 Å². The number of nitrogens with two attached hydrogens (primary N) is 1. The first-order chi connectivity index (χ1) is 13.5. The predicted octanol–water partition coefficient (Wildman–Crippen LogP) is 3.88. The molecule has 166 valence electrons. The number of aliphatic hydroxyl groups is 2. The Morgan fingerprint density at radius 2 is 1.76 bits per heavy atom. The first-order valence-corrected chi connectivity index (χ1v) is 11.5. The number of hydrogen-bond acceptors (Lipinski definition) is 3. The Labute approximate surface area is 172 Å². The molecule has 29 heavy (non-hydrogen) atoms. The van der Waals surface area contributed by atoms with Gasteiger partial charge in [0.15, 0.2) is 0 Å². The van der Waals surface area contributed by atoms with E-state index in [1.807, 2.05) is 6.92 Å². The molecule has 6 heteroatoms. The van der Waals surface area contributed by atoms with Crippen LogP contribution in [0.25, 0.3) is 0 Å². The molecule has 4 saturated carbocycles. The molecule has 0 saturated heterocycles. The summed E-state index contributed by atoms with van der Waals surface area (Å²) < 4.78 is 29.1. The van der Waals surface area contributed by atoms with Crippen molar-refractivity contribution in [2.45, 2.75) is 96.2 Å². The number of amides is 1. The highest BCUT2D eigenvalue weighted by Gasteiger charge is 2.65. The molecule has 0 radical (unpaired) electrons. The molecule has 4 N–H and O–H groups in total. The molecule has 0 aliphatic heterocycles. The third-order valence-electron chi connectivity index (χ3n) is 9.87. The second-order valence-corrected chi connectivity index (χ2v) is 11.2. The fourth-order valence-electron chi connectivity index (χ4n) is 8.34.